The van der Waals surface area contributed by atoms with Crippen molar-refractivity contribution in [3.63, 3.8) is 0 Å². The van der Waals surface area contributed by atoms with Crippen LogP contribution in [-0.2, 0) is 4.79 Å². The maximum absolute atomic E-state index is 11.5. The minimum absolute atomic E-state index is 0.118. The van der Waals surface area contributed by atoms with E-state index in [0.717, 1.165) is 0 Å². The molecule has 17 heavy (non-hydrogen) atoms. The van der Waals surface area contributed by atoms with Crippen molar-refractivity contribution >= 4 is 11.8 Å². The summed E-state index contributed by atoms with van der Waals surface area (Å²) in [7, 11) is 2.93. The molecule has 0 bridgehead atoms. The van der Waals surface area contributed by atoms with Gasteiger partial charge in [-0.2, -0.15) is 0 Å². The van der Waals surface area contributed by atoms with Gasteiger partial charge in [0.1, 0.15) is 0 Å². The predicted octanol–water partition coefficient (Wildman–Crippen LogP) is 1.59. The van der Waals surface area contributed by atoms with Crippen LogP contribution in [0.15, 0.2) is 6.07 Å². The number of benzene rings is 1. The molecule has 0 aliphatic heterocycles. The highest BCUT2D eigenvalue weighted by Gasteiger charge is 2.22. The van der Waals surface area contributed by atoms with E-state index in [-0.39, 0.29) is 5.56 Å². The lowest BCUT2D eigenvalue weighted by atomic mass is 9.99. The van der Waals surface area contributed by atoms with Crippen molar-refractivity contribution in [3.05, 3.63) is 22.8 Å². The van der Waals surface area contributed by atoms with Gasteiger partial charge in [-0.1, -0.05) is 0 Å². The van der Waals surface area contributed by atoms with Crippen LogP contribution in [0.5, 0.6) is 11.5 Å². The number of ether oxygens (including phenoxy) is 2. The van der Waals surface area contributed by atoms with Crippen molar-refractivity contribution < 1.29 is 24.2 Å². The van der Waals surface area contributed by atoms with Gasteiger partial charge in [0, 0.05) is 11.1 Å². The van der Waals surface area contributed by atoms with E-state index in [0.29, 0.717) is 22.6 Å². The largest absolute Gasteiger partial charge is 0.493 e. The maximum atomic E-state index is 11.5. The molecule has 92 valence electrons. The number of carboxylic acids is 1. The molecular formula is C12H14O5. The molecule has 0 saturated heterocycles. The van der Waals surface area contributed by atoms with E-state index in [2.05, 4.69) is 0 Å². The summed E-state index contributed by atoms with van der Waals surface area (Å²) in [6.45, 7) is 3.34. The molecule has 0 unspecified atom stereocenters. The van der Waals surface area contributed by atoms with Gasteiger partial charge in [-0.15, -0.1) is 0 Å². The lowest BCUT2D eigenvalue weighted by Gasteiger charge is -2.15. The molecule has 0 spiro atoms. The summed E-state index contributed by atoms with van der Waals surface area (Å²) in [5.41, 5.74) is 1.23. The lowest BCUT2D eigenvalue weighted by Crippen LogP contribution is -2.15. The number of methoxy groups -OCH3 is 2. The summed E-state index contributed by atoms with van der Waals surface area (Å²) in [6.07, 6.45) is 0. The normalized spacial score (nSPS) is 9.88. The number of hydrogen-bond donors (Lipinski definition) is 1. The van der Waals surface area contributed by atoms with E-state index in [4.69, 9.17) is 14.6 Å². The molecule has 0 aliphatic rings. The van der Waals surface area contributed by atoms with Gasteiger partial charge in [0.25, 0.3) is 5.78 Å². The monoisotopic (exact) mass is 238 g/mol. The number of hydrogen-bond acceptors (Lipinski definition) is 4. The minimum atomic E-state index is -1.49. The first kappa shape index (κ1) is 13.0. The molecule has 1 rings (SSSR count). The van der Waals surface area contributed by atoms with Gasteiger partial charge < -0.3 is 14.6 Å². The third-order valence-electron chi connectivity index (χ3n) is 2.52. The number of Topliss-reactive ketones (excluding diaryl/α,β-unsaturated/α-hetero) is 1. The zero-order valence-corrected chi connectivity index (χ0v) is 10.2. The van der Waals surface area contributed by atoms with Gasteiger partial charge in [0.05, 0.1) is 14.2 Å². The number of ketones is 1. The molecule has 0 aromatic heterocycles. The molecule has 1 aromatic rings. The number of carboxylic acid groups (broad SMARTS) is 1. The highest BCUT2D eigenvalue weighted by Crippen LogP contribution is 2.36. The Labute approximate surface area is 99.0 Å². The average Bonchev–Trinajstić information content (AvgIpc) is 2.29. The van der Waals surface area contributed by atoms with Gasteiger partial charge in [-0.3, -0.25) is 4.79 Å². The van der Waals surface area contributed by atoms with Crippen molar-refractivity contribution in [2.75, 3.05) is 14.2 Å². The van der Waals surface area contributed by atoms with E-state index in [1.54, 1.807) is 13.8 Å². The Morgan fingerprint density at radius 1 is 1.12 bits per heavy atom. The van der Waals surface area contributed by atoms with Crippen LogP contribution >= 0.6 is 0 Å². The highest BCUT2D eigenvalue weighted by molar-refractivity contribution is 6.40. The van der Waals surface area contributed by atoms with Crippen molar-refractivity contribution in [2.24, 2.45) is 0 Å². The summed E-state index contributed by atoms with van der Waals surface area (Å²) in [6, 6.07) is 1.49. The Morgan fingerprint density at radius 3 is 2.06 bits per heavy atom. The standard InChI is InChI=1S/C12H14O5/c1-6-5-8(9(13)12(14)15)7(2)11(17-4)10(6)16-3/h5H,1-4H3,(H,14,15). The topological polar surface area (TPSA) is 72.8 Å². The van der Waals surface area contributed by atoms with Crippen molar-refractivity contribution in [2.45, 2.75) is 13.8 Å². The van der Waals surface area contributed by atoms with Crippen molar-refractivity contribution in [1.82, 2.24) is 0 Å². The second-order valence-corrected chi connectivity index (χ2v) is 3.57. The maximum Gasteiger partial charge on any atom is 0.377 e. The second-order valence-electron chi connectivity index (χ2n) is 3.57. The highest BCUT2D eigenvalue weighted by atomic mass is 16.5. The lowest BCUT2D eigenvalue weighted by molar-refractivity contribution is -0.131. The van der Waals surface area contributed by atoms with E-state index < -0.39 is 11.8 Å². The van der Waals surface area contributed by atoms with Crippen LogP contribution in [0.1, 0.15) is 21.5 Å². The molecule has 1 N–H and O–H groups in total. The summed E-state index contributed by atoms with van der Waals surface area (Å²) in [4.78, 5) is 22.2. The number of carbonyl (C=O) groups is 2. The van der Waals surface area contributed by atoms with Crippen molar-refractivity contribution in [3.8, 4) is 11.5 Å². The SMILES string of the molecule is COc1c(C)cc(C(=O)C(=O)O)c(C)c1OC. The van der Waals surface area contributed by atoms with E-state index in [1.807, 2.05) is 0 Å². The Kier molecular flexibility index (Phi) is 3.73. The molecule has 0 heterocycles. The number of aliphatic carboxylic acids is 1. The first-order valence-corrected chi connectivity index (χ1v) is 4.93. The first-order valence-electron chi connectivity index (χ1n) is 4.93. The summed E-state index contributed by atoms with van der Waals surface area (Å²) >= 11 is 0. The third kappa shape index (κ3) is 2.22. The molecule has 0 aliphatic carbocycles. The van der Waals surface area contributed by atoms with Crippen LogP contribution in [0.25, 0.3) is 0 Å². The van der Waals surface area contributed by atoms with Gasteiger partial charge in [-0.25, -0.2) is 4.79 Å². The zero-order chi connectivity index (χ0) is 13.2. The van der Waals surface area contributed by atoms with E-state index in [9.17, 15) is 9.59 Å². The van der Waals surface area contributed by atoms with Crippen molar-refractivity contribution in [1.29, 1.82) is 0 Å². The smallest absolute Gasteiger partial charge is 0.377 e. The van der Waals surface area contributed by atoms with Crippen LogP contribution in [0.3, 0.4) is 0 Å². The van der Waals surface area contributed by atoms with Crippen LogP contribution in [0, 0.1) is 13.8 Å². The van der Waals surface area contributed by atoms with Gasteiger partial charge in [0.2, 0.25) is 0 Å². The summed E-state index contributed by atoms with van der Waals surface area (Å²) in [5, 5.41) is 8.72. The van der Waals surface area contributed by atoms with E-state index >= 15 is 0 Å². The zero-order valence-electron chi connectivity index (χ0n) is 10.2. The fourth-order valence-electron chi connectivity index (χ4n) is 1.71. The van der Waals surface area contributed by atoms with Crippen LogP contribution in [-0.4, -0.2) is 31.1 Å². The molecule has 0 amide bonds. The van der Waals surface area contributed by atoms with Gasteiger partial charge >= 0.3 is 5.97 Å². The fraction of sp³-hybridized carbons (Fsp3) is 0.333. The van der Waals surface area contributed by atoms with E-state index in [1.165, 1.54) is 20.3 Å². The first-order chi connectivity index (χ1) is 7.93. The fourth-order valence-corrected chi connectivity index (χ4v) is 1.71. The molecule has 0 radical (unpaired) electrons. The van der Waals surface area contributed by atoms with Gasteiger partial charge in [0.15, 0.2) is 11.5 Å². The third-order valence-corrected chi connectivity index (χ3v) is 2.52. The Balaban J connectivity index is 3.51. The molecule has 5 heteroatoms. The summed E-state index contributed by atoms with van der Waals surface area (Å²) in [5.74, 6) is -1.55. The number of rotatable bonds is 4. The molecule has 0 fully saturated rings. The number of aryl methyl sites for hydroxylation is 1. The van der Waals surface area contributed by atoms with Crippen LogP contribution in [0.4, 0.5) is 0 Å². The molecule has 1 aromatic carbocycles. The molecular weight excluding hydrogens is 224 g/mol. The quantitative estimate of drug-likeness (QED) is 0.637. The molecule has 5 nitrogen and oxygen atoms in total. The molecule has 0 atom stereocenters. The number of carbonyl (C=O) groups excluding carboxylic acids is 1. The Bertz CT molecular complexity index is 476. The minimum Gasteiger partial charge on any atom is -0.493 e. The Morgan fingerprint density at radius 2 is 1.65 bits per heavy atom. The summed E-state index contributed by atoms with van der Waals surface area (Å²) < 4.78 is 10.3. The predicted molar refractivity (Wildman–Crippen MR) is 61.0 cm³/mol. The Hall–Kier alpha value is -2.04. The van der Waals surface area contributed by atoms with Gasteiger partial charge in [-0.05, 0) is 25.5 Å². The molecule has 0 saturated carbocycles. The van der Waals surface area contributed by atoms with Crippen LogP contribution in [0.2, 0.25) is 0 Å². The second kappa shape index (κ2) is 4.86. The average molecular weight is 238 g/mol. The van der Waals surface area contributed by atoms with Crippen LogP contribution < -0.4 is 9.47 Å².